The van der Waals surface area contributed by atoms with Gasteiger partial charge in [-0.15, -0.1) is 5.10 Å². The number of nitrogens with one attached hydrogen (secondary N) is 1. The van der Waals surface area contributed by atoms with E-state index in [9.17, 15) is 4.79 Å². The molecular formula is C18H23N7O2. The number of benzene rings is 1. The minimum atomic E-state index is -0.226. The predicted molar refractivity (Wildman–Crippen MR) is 99.5 cm³/mol. The smallest absolute Gasteiger partial charge is 0.255 e. The van der Waals surface area contributed by atoms with Gasteiger partial charge >= 0.3 is 0 Å². The Balaban J connectivity index is 1.65. The molecule has 0 atom stereocenters. The minimum absolute atomic E-state index is 0.141. The van der Waals surface area contributed by atoms with Crippen LogP contribution in [-0.4, -0.2) is 35.9 Å². The number of nitrogens with zero attached hydrogens (tertiary/aromatic N) is 6. The molecular weight excluding hydrogens is 346 g/mol. The van der Waals surface area contributed by atoms with Crippen LogP contribution in [0.1, 0.15) is 56.0 Å². The molecule has 9 nitrogen and oxygen atoms in total. The molecule has 3 rings (SSSR count). The molecule has 0 saturated heterocycles. The second kappa shape index (κ2) is 7.98. The molecule has 9 heteroatoms. The molecule has 0 saturated carbocycles. The van der Waals surface area contributed by atoms with Gasteiger partial charge in [-0.25, -0.2) is 4.68 Å². The SMILES string of the molecule is CC(C)n1cc(NC(=O)c2cccc(OCc3nnnn3C(C)C)c2)cn1. The molecule has 0 bridgehead atoms. The molecule has 0 aliphatic carbocycles. The highest BCUT2D eigenvalue weighted by Gasteiger charge is 2.12. The number of hydrogen-bond donors (Lipinski definition) is 1. The van der Waals surface area contributed by atoms with Gasteiger partial charge in [0.2, 0.25) is 0 Å². The molecule has 1 aromatic carbocycles. The van der Waals surface area contributed by atoms with Crippen molar-refractivity contribution < 1.29 is 9.53 Å². The molecule has 2 heterocycles. The number of tetrazole rings is 1. The summed E-state index contributed by atoms with van der Waals surface area (Å²) in [5.74, 6) is 0.968. The molecule has 27 heavy (non-hydrogen) atoms. The van der Waals surface area contributed by atoms with E-state index >= 15 is 0 Å². The van der Waals surface area contributed by atoms with E-state index in [0.717, 1.165) is 0 Å². The van der Waals surface area contributed by atoms with Gasteiger partial charge in [-0.2, -0.15) is 5.10 Å². The summed E-state index contributed by atoms with van der Waals surface area (Å²) in [7, 11) is 0. The van der Waals surface area contributed by atoms with Crippen LogP contribution >= 0.6 is 0 Å². The van der Waals surface area contributed by atoms with Crippen LogP contribution in [0.15, 0.2) is 36.7 Å². The van der Waals surface area contributed by atoms with E-state index in [-0.39, 0.29) is 24.6 Å². The van der Waals surface area contributed by atoms with Crippen molar-refractivity contribution in [1.29, 1.82) is 0 Å². The Kier molecular flexibility index (Phi) is 5.49. The van der Waals surface area contributed by atoms with Crippen LogP contribution < -0.4 is 10.1 Å². The number of rotatable bonds is 7. The van der Waals surface area contributed by atoms with Gasteiger partial charge < -0.3 is 10.1 Å². The van der Waals surface area contributed by atoms with Crippen LogP contribution in [0, 0.1) is 0 Å². The van der Waals surface area contributed by atoms with Crippen molar-refractivity contribution in [2.45, 2.75) is 46.4 Å². The molecule has 0 spiro atoms. The molecule has 3 aromatic rings. The Labute approximate surface area is 157 Å². The summed E-state index contributed by atoms with van der Waals surface area (Å²) >= 11 is 0. The van der Waals surface area contributed by atoms with Crippen molar-refractivity contribution in [2.75, 3.05) is 5.32 Å². The highest BCUT2D eigenvalue weighted by molar-refractivity contribution is 6.04. The monoisotopic (exact) mass is 369 g/mol. The molecule has 142 valence electrons. The van der Waals surface area contributed by atoms with Crippen LogP contribution in [-0.2, 0) is 6.61 Å². The summed E-state index contributed by atoms with van der Waals surface area (Å²) in [6.45, 7) is 8.25. The largest absolute Gasteiger partial charge is 0.486 e. The molecule has 1 amide bonds. The van der Waals surface area contributed by atoms with Gasteiger partial charge in [0.1, 0.15) is 12.4 Å². The number of amides is 1. The van der Waals surface area contributed by atoms with E-state index in [1.807, 2.05) is 27.7 Å². The zero-order valence-electron chi connectivity index (χ0n) is 15.8. The molecule has 0 aliphatic rings. The van der Waals surface area contributed by atoms with Gasteiger partial charge in [0.15, 0.2) is 5.82 Å². The standard InChI is InChI=1S/C18H23N7O2/c1-12(2)24-10-15(9-19-24)20-18(26)14-6-5-7-16(8-14)27-11-17-21-22-23-25(17)13(3)4/h5-10,12-13H,11H2,1-4H3,(H,20,26). The Morgan fingerprint density at radius 3 is 2.74 bits per heavy atom. The lowest BCUT2D eigenvalue weighted by Crippen LogP contribution is -2.12. The third-order valence-electron chi connectivity index (χ3n) is 3.90. The first-order valence-corrected chi connectivity index (χ1v) is 8.79. The van der Waals surface area contributed by atoms with Gasteiger partial charge in [0.25, 0.3) is 5.91 Å². The van der Waals surface area contributed by atoms with Crippen LogP contribution in [0.25, 0.3) is 0 Å². The number of anilines is 1. The van der Waals surface area contributed by atoms with Crippen molar-refractivity contribution in [3.63, 3.8) is 0 Å². The third-order valence-corrected chi connectivity index (χ3v) is 3.90. The number of hydrogen-bond acceptors (Lipinski definition) is 6. The molecule has 2 aromatic heterocycles. The maximum Gasteiger partial charge on any atom is 0.255 e. The van der Waals surface area contributed by atoms with Gasteiger partial charge in [-0.3, -0.25) is 9.48 Å². The van der Waals surface area contributed by atoms with Crippen LogP contribution in [0.4, 0.5) is 5.69 Å². The molecule has 0 unspecified atom stereocenters. The average Bonchev–Trinajstić information content (AvgIpc) is 3.29. The van der Waals surface area contributed by atoms with E-state index in [1.165, 1.54) is 0 Å². The van der Waals surface area contributed by atoms with Crippen molar-refractivity contribution in [2.24, 2.45) is 0 Å². The summed E-state index contributed by atoms with van der Waals surface area (Å²) in [5.41, 5.74) is 1.14. The van der Waals surface area contributed by atoms with E-state index in [2.05, 4.69) is 25.9 Å². The van der Waals surface area contributed by atoms with Crippen molar-refractivity contribution in [3.8, 4) is 5.75 Å². The van der Waals surface area contributed by atoms with Crippen molar-refractivity contribution in [3.05, 3.63) is 48.0 Å². The van der Waals surface area contributed by atoms with Crippen LogP contribution in [0.5, 0.6) is 5.75 Å². The Morgan fingerprint density at radius 1 is 1.22 bits per heavy atom. The fourth-order valence-electron chi connectivity index (χ4n) is 2.47. The zero-order chi connectivity index (χ0) is 19.4. The quantitative estimate of drug-likeness (QED) is 0.687. The maximum absolute atomic E-state index is 12.5. The Bertz CT molecular complexity index is 914. The lowest BCUT2D eigenvalue weighted by atomic mass is 10.2. The lowest BCUT2D eigenvalue weighted by molar-refractivity contribution is 0.102. The number of carbonyl (C=O) groups is 1. The second-order valence-corrected chi connectivity index (χ2v) is 6.71. The number of aromatic nitrogens is 6. The normalized spacial score (nSPS) is 11.2. The highest BCUT2D eigenvalue weighted by Crippen LogP contribution is 2.17. The first kappa shape index (κ1) is 18.6. The average molecular weight is 369 g/mol. The summed E-state index contributed by atoms with van der Waals surface area (Å²) in [4.78, 5) is 12.5. The van der Waals surface area contributed by atoms with Gasteiger partial charge in [-0.1, -0.05) is 6.07 Å². The Hall–Kier alpha value is -3.23. The summed E-state index contributed by atoms with van der Waals surface area (Å²) < 4.78 is 9.24. The number of carbonyl (C=O) groups excluding carboxylic acids is 1. The first-order chi connectivity index (χ1) is 12.9. The van der Waals surface area contributed by atoms with E-state index in [0.29, 0.717) is 22.8 Å². The minimum Gasteiger partial charge on any atom is -0.486 e. The van der Waals surface area contributed by atoms with Crippen molar-refractivity contribution in [1.82, 2.24) is 30.0 Å². The second-order valence-electron chi connectivity index (χ2n) is 6.71. The molecule has 1 N–H and O–H groups in total. The van der Waals surface area contributed by atoms with Crippen LogP contribution in [0.3, 0.4) is 0 Å². The van der Waals surface area contributed by atoms with Gasteiger partial charge in [0, 0.05) is 17.8 Å². The Morgan fingerprint density at radius 2 is 2.04 bits per heavy atom. The third kappa shape index (κ3) is 4.49. The number of ether oxygens (including phenoxy) is 1. The molecule has 0 fully saturated rings. The maximum atomic E-state index is 12.5. The highest BCUT2D eigenvalue weighted by atomic mass is 16.5. The van der Waals surface area contributed by atoms with Crippen molar-refractivity contribution >= 4 is 11.6 Å². The first-order valence-electron chi connectivity index (χ1n) is 8.79. The van der Waals surface area contributed by atoms with E-state index in [1.54, 1.807) is 46.0 Å². The summed E-state index contributed by atoms with van der Waals surface area (Å²) in [6.07, 6.45) is 3.43. The molecule has 0 radical (unpaired) electrons. The summed E-state index contributed by atoms with van der Waals surface area (Å²) in [6, 6.07) is 7.35. The topological polar surface area (TPSA) is 99.8 Å². The van der Waals surface area contributed by atoms with E-state index < -0.39 is 0 Å². The predicted octanol–water partition coefficient (Wildman–Crippen LogP) is 2.86. The van der Waals surface area contributed by atoms with Crippen LogP contribution in [0.2, 0.25) is 0 Å². The zero-order valence-corrected chi connectivity index (χ0v) is 15.8. The summed E-state index contributed by atoms with van der Waals surface area (Å²) in [5, 5.41) is 18.6. The fraction of sp³-hybridized carbons (Fsp3) is 0.389. The van der Waals surface area contributed by atoms with E-state index in [4.69, 9.17) is 4.74 Å². The lowest BCUT2D eigenvalue weighted by Gasteiger charge is -2.10. The fourth-order valence-corrected chi connectivity index (χ4v) is 2.47. The van der Waals surface area contributed by atoms with Gasteiger partial charge in [0.05, 0.1) is 17.9 Å². The molecule has 0 aliphatic heterocycles. The van der Waals surface area contributed by atoms with Gasteiger partial charge in [-0.05, 0) is 56.3 Å².